The summed E-state index contributed by atoms with van der Waals surface area (Å²) in [7, 11) is 3.27. The van der Waals surface area contributed by atoms with E-state index < -0.39 is 0 Å². The van der Waals surface area contributed by atoms with Gasteiger partial charge in [0.25, 0.3) is 0 Å². The average molecular weight is 333 g/mol. The van der Waals surface area contributed by atoms with Crippen molar-refractivity contribution in [3.05, 3.63) is 23.8 Å². The summed E-state index contributed by atoms with van der Waals surface area (Å²) in [6.07, 6.45) is 4.97. The van der Waals surface area contributed by atoms with Crippen LogP contribution in [0.25, 0.3) is 0 Å². The summed E-state index contributed by atoms with van der Waals surface area (Å²) in [6.45, 7) is 2.43. The maximum Gasteiger partial charge on any atom is 0.222 e. The lowest BCUT2D eigenvalue weighted by atomic mass is 10.1. The first-order chi connectivity index (χ1) is 11.7. The van der Waals surface area contributed by atoms with Gasteiger partial charge < -0.3 is 19.1 Å². The van der Waals surface area contributed by atoms with E-state index in [0.717, 1.165) is 49.1 Å². The first kappa shape index (κ1) is 17.1. The second-order valence-corrected chi connectivity index (χ2v) is 6.70. The highest BCUT2D eigenvalue weighted by atomic mass is 16.5. The minimum Gasteiger partial charge on any atom is -0.497 e. The highest BCUT2D eigenvalue weighted by molar-refractivity contribution is 5.77. The number of hydrogen-bond acceptors (Lipinski definition) is 4. The molecule has 0 radical (unpaired) electrons. The number of amides is 1. The van der Waals surface area contributed by atoms with Crippen molar-refractivity contribution < 1.29 is 19.0 Å². The first-order valence-corrected chi connectivity index (χ1v) is 8.80. The van der Waals surface area contributed by atoms with Crippen LogP contribution in [0.5, 0.6) is 11.5 Å². The Balaban J connectivity index is 1.46. The predicted octanol–water partition coefficient (Wildman–Crippen LogP) is 2.66. The Bertz CT molecular complexity index is 570. The van der Waals surface area contributed by atoms with Crippen LogP contribution >= 0.6 is 0 Å². The van der Waals surface area contributed by atoms with Crippen molar-refractivity contribution in [2.45, 2.75) is 38.2 Å². The Kier molecular flexibility index (Phi) is 5.61. The Morgan fingerprint density at radius 2 is 2.04 bits per heavy atom. The summed E-state index contributed by atoms with van der Waals surface area (Å²) >= 11 is 0. The molecule has 132 valence electrons. The van der Waals surface area contributed by atoms with Crippen LogP contribution in [0, 0.1) is 5.92 Å². The smallest absolute Gasteiger partial charge is 0.222 e. The summed E-state index contributed by atoms with van der Waals surface area (Å²) in [4.78, 5) is 14.4. The molecule has 1 aromatic rings. The number of methoxy groups -OCH3 is 2. The lowest BCUT2D eigenvalue weighted by molar-refractivity contribution is -0.130. The maximum absolute atomic E-state index is 12.4. The fourth-order valence-electron chi connectivity index (χ4n) is 3.11. The van der Waals surface area contributed by atoms with Crippen LogP contribution in [0.2, 0.25) is 0 Å². The highest BCUT2D eigenvalue weighted by Gasteiger charge is 2.29. The fourth-order valence-corrected chi connectivity index (χ4v) is 3.11. The SMILES string of the molecule is COc1ccc(CCC(=O)N2CC[C@@H](OCC3CC3)C2)c(OC)c1. The molecule has 1 aromatic carbocycles. The van der Waals surface area contributed by atoms with Crippen LogP contribution in [-0.4, -0.2) is 50.8 Å². The van der Waals surface area contributed by atoms with Gasteiger partial charge in [0.1, 0.15) is 11.5 Å². The molecule has 1 aliphatic heterocycles. The molecule has 5 nitrogen and oxygen atoms in total. The number of benzene rings is 1. The molecule has 0 N–H and O–H groups in total. The average Bonchev–Trinajstić information content (AvgIpc) is 3.33. The van der Waals surface area contributed by atoms with Crippen LogP contribution in [0.15, 0.2) is 18.2 Å². The van der Waals surface area contributed by atoms with Crippen molar-refractivity contribution in [2.75, 3.05) is 33.9 Å². The van der Waals surface area contributed by atoms with Crippen LogP contribution in [0.4, 0.5) is 0 Å². The van der Waals surface area contributed by atoms with Crippen LogP contribution in [0.1, 0.15) is 31.2 Å². The fraction of sp³-hybridized carbons (Fsp3) is 0.632. The Morgan fingerprint density at radius 3 is 2.75 bits per heavy atom. The van der Waals surface area contributed by atoms with Crippen molar-refractivity contribution in [2.24, 2.45) is 5.92 Å². The van der Waals surface area contributed by atoms with Crippen LogP contribution < -0.4 is 9.47 Å². The van der Waals surface area contributed by atoms with E-state index in [4.69, 9.17) is 14.2 Å². The van der Waals surface area contributed by atoms with Crippen molar-refractivity contribution in [1.82, 2.24) is 4.90 Å². The van der Waals surface area contributed by atoms with Gasteiger partial charge in [-0.1, -0.05) is 6.07 Å². The molecule has 0 aromatic heterocycles. The molecule has 0 spiro atoms. The van der Waals surface area contributed by atoms with E-state index in [2.05, 4.69) is 0 Å². The van der Waals surface area contributed by atoms with E-state index in [1.54, 1.807) is 14.2 Å². The standard InChI is InChI=1S/C19H27NO4/c1-22-16-7-5-15(18(11-16)23-2)6-8-19(21)20-10-9-17(12-20)24-13-14-3-4-14/h5,7,11,14,17H,3-4,6,8-10,12-13H2,1-2H3/t17-/m1/s1. The minimum atomic E-state index is 0.199. The third-order valence-corrected chi connectivity index (χ3v) is 4.86. The monoisotopic (exact) mass is 333 g/mol. The van der Waals surface area contributed by atoms with Gasteiger partial charge in [0.2, 0.25) is 5.91 Å². The van der Waals surface area contributed by atoms with E-state index >= 15 is 0 Å². The Labute approximate surface area is 143 Å². The molecule has 1 saturated carbocycles. The maximum atomic E-state index is 12.4. The lowest BCUT2D eigenvalue weighted by Crippen LogP contribution is -2.30. The minimum absolute atomic E-state index is 0.199. The second-order valence-electron chi connectivity index (χ2n) is 6.70. The summed E-state index contributed by atoms with van der Waals surface area (Å²) in [5.41, 5.74) is 1.03. The topological polar surface area (TPSA) is 48.0 Å². The molecule has 1 saturated heterocycles. The molecule has 1 aliphatic carbocycles. The largest absolute Gasteiger partial charge is 0.497 e. The number of aryl methyl sites for hydroxylation is 1. The van der Waals surface area contributed by atoms with Crippen molar-refractivity contribution in [3.63, 3.8) is 0 Å². The number of nitrogens with zero attached hydrogens (tertiary/aromatic N) is 1. The van der Waals surface area contributed by atoms with Gasteiger partial charge in [-0.15, -0.1) is 0 Å². The van der Waals surface area contributed by atoms with Gasteiger partial charge >= 0.3 is 0 Å². The number of ether oxygens (including phenoxy) is 3. The molecular formula is C19H27NO4. The Hall–Kier alpha value is -1.75. The first-order valence-electron chi connectivity index (χ1n) is 8.80. The van der Waals surface area contributed by atoms with Crippen LogP contribution in [-0.2, 0) is 16.0 Å². The zero-order valence-electron chi connectivity index (χ0n) is 14.6. The van der Waals surface area contributed by atoms with Gasteiger partial charge in [0.15, 0.2) is 0 Å². The third kappa shape index (κ3) is 4.41. The number of hydrogen-bond donors (Lipinski definition) is 0. The van der Waals surface area contributed by atoms with E-state index in [-0.39, 0.29) is 12.0 Å². The summed E-state index contributed by atoms with van der Waals surface area (Å²) < 4.78 is 16.5. The van der Waals surface area contributed by atoms with E-state index in [0.29, 0.717) is 12.8 Å². The predicted molar refractivity (Wildman–Crippen MR) is 91.5 cm³/mol. The number of carbonyl (C=O) groups excluding carboxylic acids is 1. The second kappa shape index (κ2) is 7.88. The lowest BCUT2D eigenvalue weighted by Gasteiger charge is -2.17. The summed E-state index contributed by atoms with van der Waals surface area (Å²) in [5.74, 6) is 2.51. The zero-order valence-corrected chi connectivity index (χ0v) is 14.6. The van der Waals surface area contributed by atoms with Crippen molar-refractivity contribution in [3.8, 4) is 11.5 Å². The molecule has 5 heteroatoms. The summed E-state index contributed by atoms with van der Waals surface area (Å²) in [6, 6.07) is 5.73. The molecule has 1 atom stereocenters. The number of rotatable bonds is 8. The van der Waals surface area contributed by atoms with Gasteiger partial charge in [-0.2, -0.15) is 0 Å². The van der Waals surface area contributed by atoms with E-state index in [1.807, 2.05) is 23.1 Å². The normalized spacial score (nSPS) is 20.2. The summed E-state index contributed by atoms with van der Waals surface area (Å²) in [5, 5.41) is 0. The van der Waals surface area contributed by atoms with Gasteiger partial charge in [0, 0.05) is 32.2 Å². The molecule has 0 bridgehead atoms. The Morgan fingerprint density at radius 1 is 1.21 bits per heavy atom. The molecule has 2 fully saturated rings. The zero-order chi connectivity index (χ0) is 16.9. The van der Waals surface area contributed by atoms with Gasteiger partial charge in [-0.05, 0) is 43.2 Å². The molecule has 0 unspecified atom stereocenters. The highest BCUT2D eigenvalue weighted by Crippen LogP contribution is 2.30. The molecule has 3 rings (SSSR count). The van der Waals surface area contributed by atoms with E-state index in [9.17, 15) is 4.79 Å². The third-order valence-electron chi connectivity index (χ3n) is 4.86. The van der Waals surface area contributed by atoms with Gasteiger partial charge in [0.05, 0.1) is 20.3 Å². The quantitative estimate of drug-likeness (QED) is 0.734. The van der Waals surface area contributed by atoms with Crippen LogP contribution in [0.3, 0.4) is 0 Å². The molecule has 1 heterocycles. The van der Waals surface area contributed by atoms with E-state index in [1.165, 1.54) is 12.8 Å². The molecule has 1 amide bonds. The number of likely N-dealkylation sites (tertiary alicyclic amines) is 1. The molecular weight excluding hydrogens is 306 g/mol. The van der Waals surface area contributed by atoms with Crippen molar-refractivity contribution >= 4 is 5.91 Å². The number of carbonyl (C=O) groups is 1. The molecule has 24 heavy (non-hydrogen) atoms. The molecule has 2 aliphatic rings. The van der Waals surface area contributed by atoms with Crippen molar-refractivity contribution in [1.29, 1.82) is 0 Å². The van der Waals surface area contributed by atoms with Gasteiger partial charge in [-0.25, -0.2) is 0 Å². The van der Waals surface area contributed by atoms with Gasteiger partial charge in [-0.3, -0.25) is 4.79 Å².